The van der Waals surface area contributed by atoms with E-state index in [9.17, 15) is 0 Å². The van der Waals surface area contributed by atoms with Crippen molar-refractivity contribution < 1.29 is 0 Å². The summed E-state index contributed by atoms with van der Waals surface area (Å²) in [6, 6.07) is 38.3. The number of benzene rings is 4. The summed E-state index contributed by atoms with van der Waals surface area (Å²) in [5.41, 5.74) is 10.2. The Hall–Kier alpha value is -4.88. The molecule has 0 heterocycles. The van der Waals surface area contributed by atoms with E-state index >= 15 is 0 Å². The number of hydrogen-bond donors (Lipinski definition) is 0. The lowest BCUT2D eigenvalue weighted by Crippen LogP contribution is -2.14. The van der Waals surface area contributed by atoms with Crippen molar-refractivity contribution in [2.75, 3.05) is 4.90 Å². The molecule has 0 aliphatic heterocycles. The van der Waals surface area contributed by atoms with E-state index in [1.165, 1.54) is 33.4 Å². The maximum absolute atomic E-state index is 4.51. The third kappa shape index (κ3) is 6.22. The minimum absolute atomic E-state index is 0.00206. The molecule has 40 heavy (non-hydrogen) atoms. The zero-order valence-corrected chi connectivity index (χ0v) is 23.3. The number of nitrogens with zero attached hydrogens (tertiary/aromatic N) is 1. The molecule has 4 aromatic carbocycles. The second-order valence-electron chi connectivity index (χ2n) is 10.6. The Morgan fingerprint density at radius 3 is 1.48 bits per heavy atom. The van der Waals surface area contributed by atoms with E-state index in [-0.39, 0.29) is 5.41 Å². The Kier molecular flexibility index (Phi) is 7.94. The molecule has 196 valence electrons. The summed E-state index contributed by atoms with van der Waals surface area (Å²) < 4.78 is 0. The van der Waals surface area contributed by atoms with Crippen LogP contribution in [0.2, 0.25) is 0 Å². The first-order valence-electron chi connectivity index (χ1n) is 13.7. The van der Waals surface area contributed by atoms with E-state index in [2.05, 4.69) is 159 Å². The summed E-state index contributed by atoms with van der Waals surface area (Å²) in [5, 5.41) is 0. The Labute approximate surface area is 239 Å². The van der Waals surface area contributed by atoms with Crippen molar-refractivity contribution >= 4 is 11.4 Å². The van der Waals surface area contributed by atoms with E-state index in [0.717, 1.165) is 17.1 Å². The largest absolute Gasteiger partial charge is 0.311 e. The van der Waals surface area contributed by atoms with Gasteiger partial charge in [0, 0.05) is 22.5 Å². The summed E-state index contributed by atoms with van der Waals surface area (Å²) in [5.74, 6) is 0. The van der Waals surface area contributed by atoms with Gasteiger partial charge in [0.1, 0.15) is 0 Å². The Bertz CT molecular complexity index is 1510. The van der Waals surface area contributed by atoms with Crippen molar-refractivity contribution in [1.82, 2.24) is 0 Å². The van der Waals surface area contributed by atoms with E-state index in [4.69, 9.17) is 0 Å². The van der Waals surface area contributed by atoms with Gasteiger partial charge in [-0.05, 0) is 63.7 Å². The van der Waals surface area contributed by atoms with Gasteiger partial charge in [0.15, 0.2) is 0 Å². The van der Waals surface area contributed by atoms with Crippen LogP contribution in [0.1, 0.15) is 13.8 Å². The fourth-order valence-electron chi connectivity index (χ4n) is 5.08. The van der Waals surface area contributed by atoms with Gasteiger partial charge in [-0.1, -0.05) is 148 Å². The Morgan fingerprint density at radius 2 is 1.02 bits per heavy atom. The smallest absolute Gasteiger partial charge is 0.0461 e. The van der Waals surface area contributed by atoms with E-state index in [1.807, 2.05) is 24.3 Å². The number of anilines is 2. The molecule has 0 amide bonds. The molecule has 0 spiro atoms. The lowest BCUT2D eigenvalue weighted by atomic mass is 9.96. The van der Waals surface area contributed by atoms with Crippen LogP contribution in [-0.2, 0) is 0 Å². The van der Waals surface area contributed by atoms with E-state index in [1.54, 1.807) is 0 Å². The first kappa shape index (κ1) is 26.7. The van der Waals surface area contributed by atoms with Crippen LogP contribution in [0.15, 0.2) is 182 Å². The van der Waals surface area contributed by atoms with Gasteiger partial charge in [-0.25, -0.2) is 0 Å². The average Bonchev–Trinajstić information content (AvgIpc) is 3.29. The highest BCUT2D eigenvalue weighted by Crippen LogP contribution is 2.37. The van der Waals surface area contributed by atoms with Crippen molar-refractivity contribution in [2.24, 2.45) is 5.41 Å². The van der Waals surface area contributed by atoms with Gasteiger partial charge in [-0.3, -0.25) is 0 Å². The molecule has 0 saturated heterocycles. The maximum atomic E-state index is 4.51. The number of allylic oxidation sites excluding steroid dienone is 9. The van der Waals surface area contributed by atoms with Crippen molar-refractivity contribution in [3.8, 4) is 22.3 Å². The van der Waals surface area contributed by atoms with Gasteiger partial charge in [0.05, 0.1) is 0 Å². The lowest BCUT2D eigenvalue weighted by molar-refractivity contribution is 0.634. The second kappa shape index (κ2) is 11.9. The summed E-state index contributed by atoms with van der Waals surface area (Å²) in [6.45, 7) is 12.8. The zero-order chi connectivity index (χ0) is 28.0. The quantitative estimate of drug-likeness (QED) is 0.200. The molecule has 1 nitrogen and oxygen atoms in total. The van der Waals surface area contributed by atoms with Crippen molar-refractivity contribution in [2.45, 2.75) is 13.8 Å². The average molecular weight is 518 g/mol. The van der Waals surface area contributed by atoms with Gasteiger partial charge in [0.25, 0.3) is 0 Å². The first-order valence-corrected chi connectivity index (χ1v) is 13.7. The highest BCUT2D eigenvalue weighted by atomic mass is 15.1. The monoisotopic (exact) mass is 517 g/mol. The van der Waals surface area contributed by atoms with Crippen molar-refractivity contribution in [1.29, 1.82) is 0 Å². The highest BCUT2D eigenvalue weighted by Gasteiger charge is 2.21. The second-order valence-corrected chi connectivity index (χ2v) is 10.6. The van der Waals surface area contributed by atoms with Crippen molar-refractivity contribution in [3.05, 3.63) is 182 Å². The summed E-state index contributed by atoms with van der Waals surface area (Å²) in [7, 11) is 0. The molecule has 0 saturated carbocycles. The predicted molar refractivity (Wildman–Crippen MR) is 173 cm³/mol. The highest BCUT2D eigenvalue weighted by molar-refractivity contribution is 5.75. The molecule has 0 unspecified atom stereocenters. The molecule has 0 atom stereocenters. The molecule has 1 aliphatic rings. The molecule has 5 rings (SSSR count). The molecule has 0 fully saturated rings. The molecule has 0 bridgehead atoms. The maximum Gasteiger partial charge on any atom is 0.0461 e. The van der Waals surface area contributed by atoms with E-state index in [0.29, 0.717) is 0 Å². The molecule has 0 aromatic heterocycles. The topological polar surface area (TPSA) is 3.24 Å². The minimum Gasteiger partial charge on any atom is -0.311 e. The molecule has 4 aromatic rings. The van der Waals surface area contributed by atoms with Crippen LogP contribution in [-0.4, -0.2) is 0 Å². The predicted octanol–water partition coefficient (Wildman–Crippen LogP) is 10.9. The molecular formula is C39H35N. The summed E-state index contributed by atoms with van der Waals surface area (Å²) >= 11 is 0. The summed E-state index contributed by atoms with van der Waals surface area (Å²) in [6.07, 6.45) is 14.8. The standard InChI is InChI=1S/C39H35N/c1-5-6-13-35-28-39(3,4)29-36(35)19-18-30(2)40(37-24-20-33(21-25-37)31-14-9-7-10-15-31)38-26-22-34(23-27-38)32-16-11-8-12-17-32/h5-29H,1-2H2,3-4H3/b13-6-,19-18-. The Morgan fingerprint density at radius 1 is 0.600 bits per heavy atom. The fraction of sp³-hybridized carbons (Fsp3) is 0.0769. The fourth-order valence-corrected chi connectivity index (χ4v) is 5.08. The number of hydrogen-bond acceptors (Lipinski definition) is 1. The van der Waals surface area contributed by atoms with Gasteiger partial charge in [0.2, 0.25) is 0 Å². The lowest BCUT2D eigenvalue weighted by Gasteiger charge is -2.26. The molecule has 1 heteroatoms. The van der Waals surface area contributed by atoms with Crippen LogP contribution in [0.3, 0.4) is 0 Å². The van der Waals surface area contributed by atoms with Gasteiger partial charge >= 0.3 is 0 Å². The SMILES string of the molecule is C=C/C=C\C1=CC(C)(C)C=C1/C=C\C(=C)N(c1ccc(-c2ccccc2)cc1)c1ccc(-c2ccccc2)cc1. The van der Waals surface area contributed by atoms with Gasteiger partial charge < -0.3 is 4.90 Å². The summed E-state index contributed by atoms with van der Waals surface area (Å²) in [4.78, 5) is 2.21. The van der Waals surface area contributed by atoms with Crippen LogP contribution in [0.25, 0.3) is 22.3 Å². The Balaban J connectivity index is 1.49. The third-order valence-corrected chi connectivity index (χ3v) is 7.01. The van der Waals surface area contributed by atoms with Crippen LogP contribution in [0.5, 0.6) is 0 Å². The van der Waals surface area contributed by atoms with E-state index < -0.39 is 0 Å². The van der Waals surface area contributed by atoms with Gasteiger partial charge in [-0.2, -0.15) is 0 Å². The van der Waals surface area contributed by atoms with Crippen LogP contribution in [0.4, 0.5) is 11.4 Å². The molecule has 0 N–H and O–H groups in total. The normalized spacial score (nSPS) is 14.2. The minimum atomic E-state index is 0.00206. The first-order chi connectivity index (χ1) is 19.4. The molecule has 0 radical (unpaired) electrons. The molecular weight excluding hydrogens is 482 g/mol. The van der Waals surface area contributed by atoms with Crippen molar-refractivity contribution in [3.63, 3.8) is 0 Å². The third-order valence-electron chi connectivity index (χ3n) is 7.01. The van der Waals surface area contributed by atoms with Gasteiger partial charge in [-0.15, -0.1) is 0 Å². The molecule has 1 aliphatic carbocycles. The zero-order valence-electron chi connectivity index (χ0n) is 23.3. The number of rotatable bonds is 9. The van der Waals surface area contributed by atoms with Crippen LogP contribution >= 0.6 is 0 Å². The van der Waals surface area contributed by atoms with Crippen LogP contribution < -0.4 is 4.90 Å². The van der Waals surface area contributed by atoms with Crippen LogP contribution in [0, 0.1) is 5.41 Å².